The molecule has 0 atom stereocenters. The Labute approximate surface area is 135 Å². The highest BCUT2D eigenvalue weighted by molar-refractivity contribution is 5.80. The van der Waals surface area contributed by atoms with E-state index in [1.54, 1.807) is 7.11 Å². The lowest BCUT2D eigenvalue weighted by Gasteiger charge is -2.07. The fraction of sp³-hybridized carbons (Fsp3) is 0.211. The molecule has 2 N–H and O–H groups in total. The molecule has 0 aliphatic carbocycles. The fourth-order valence-electron chi connectivity index (χ4n) is 2.55. The molecule has 23 heavy (non-hydrogen) atoms. The third-order valence-electron chi connectivity index (χ3n) is 3.91. The maximum absolute atomic E-state index is 12.0. The Bertz CT molecular complexity index is 790. The quantitative estimate of drug-likeness (QED) is 0.733. The molecule has 0 radical (unpaired) electrons. The second-order valence-corrected chi connectivity index (χ2v) is 5.52. The van der Waals surface area contributed by atoms with Gasteiger partial charge in [-0.15, -0.1) is 0 Å². The first-order valence-electron chi connectivity index (χ1n) is 7.70. The Morgan fingerprint density at radius 2 is 1.87 bits per heavy atom. The normalized spacial score (nSPS) is 10.7. The first-order valence-corrected chi connectivity index (χ1v) is 7.70. The van der Waals surface area contributed by atoms with Crippen LogP contribution in [0.1, 0.15) is 17.5 Å². The highest BCUT2D eigenvalue weighted by Gasteiger charge is 2.04. The molecule has 0 spiro atoms. The molecular weight excluding hydrogens is 288 g/mol. The number of carbonyl (C=O) groups excluding carboxylic acids is 1. The van der Waals surface area contributed by atoms with Gasteiger partial charge in [0.15, 0.2) is 0 Å². The van der Waals surface area contributed by atoms with Gasteiger partial charge in [-0.2, -0.15) is 0 Å². The summed E-state index contributed by atoms with van der Waals surface area (Å²) in [6.07, 6.45) is 3.16. The summed E-state index contributed by atoms with van der Waals surface area (Å²) in [5.41, 5.74) is 3.36. The SMILES string of the molecule is COc1ccc(CNC(=O)CCc2ccc3[nH]ccc3c2)cc1. The van der Waals surface area contributed by atoms with Gasteiger partial charge in [-0.3, -0.25) is 4.79 Å². The Hall–Kier alpha value is -2.75. The van der Waals surface area contributed by atoms with Crippen LogP contribution in [0.5, 0.6) is 5.75 Å². The molecule has 0 fully saturated rings. The molecule has 4 nitrogen and oxygen atoms in total. The van der Waals surface area contributed by atoms with Crippen molar-refractivity contribution in [2.24, 2.45) is 0 Å². The van der Waals surface area contributed by atoms with Crippen LogP contribution in [-0.2, 0) is 17.8 Å². The van der Waals surface area contributed by atoms with Gasteiger partial charge >= 0.3 is 0 Å². The number of amides is 1. The minimum Gasteiger partial charge on any atom is -0.497 e. The summed E-state index contributed by atoms with van der Waals surface area (Å²) in [6.45, 7) is 0.541. The molecule has 0 unspecified atom stereocenters. The lowest BCUT2D eigenvalue weighted by molar-refractivity contribution is -0.121. The number of aryl methyl sites for hydroxylation is 1. The van der Waals surface area contributed by atoms with Crippen LogP contribution in [0.3, 0.4) is 0 Å². The first-order chi connectivity index (χ1) is 11.2. The standard InChI is InChI=1S/C19H20N2O2/c1-23-17-6-2-15(3-7-17)13-21-19(22)9-5-14-4-8-18-16(12-14)10-11-20-18/h2-4,6-8,10-12,20H,5,9,13H2,1H3,(H,21,22). The molecule has 0 aliphatic heterocycles. The van der Waals surface area contributed by atoms with Crippen LogP contribution in [0.4, 0.5) is 0 Å². The average Bonchev–Trinajstić information content (AvgIpc) is 3.06. The molecule has 2 aromatic carbocycles. The van der Waals surface area contributed by atoms with E-state index in [-0.39, 0.29) is 5.91 Å². The summed E-state index contributed by atoms with van der Waals surface area (Å²) in [5.74, 6) is 0.884. The number of fused-ring (bicyclic) bond motifs is 1. The number of aromatic nitrogens is 1. The van der Waals surface area contributed by atoms with Crippen LogP contribution >= 0.6 is 0 Å². The Kier molecular flexibility index (Phi) is 4.62. The van der Waals surface area contributed by atoms with Gasteiger partial charge < -0.3 is 15.0 Å². The monoisotopic (exact) mass is 308 g/mol. The van der Waals surface area contributed by atoms with E-state index in [4.69, 9.17) is 4.74 Å². The minimum absolute atomic E-state index is 0.0648. The smallest absolute Gasteiger partial charge is 0.220 e. The maximum Gasteiger partial charge on any atom is 0.220 e. The van der Waals surface area contributed by atoms with E-state index in [9.17, 15) is 4.79 Å². The summed E-state index contributed by atoms with van der Waals surface area (Å²) in [6, 6.07) is 16.0. The molecule has 4 heteroatoms. The Morgan fingerprint density at radius 3 is 2.65 bits per heavy atom. The number of rotatable bonds is 6. The van der Waals surface area contributed by atoms with Crippen molar-refractivity contribution in [2.45, 2.75) is 19.4 Å². The molecule has 118 valence electrons. The summed E-state index contributed by atoms with van der Waals surface area (Å²) < 4.78 is 5.12. The summed E-state index contributed by atoms with van der Waals surface area (Å²) in [4.78, 5) is 15.2. The number of aromatic amines is 1. The summed E-state index contributed by atoms with van der Waals surface area (Å²) in [7, 11) is 1.64. The first kappa shape index (κ1) is 15.2. The van der Waals surface area contributed by atoms with E-state index in [0.717, 1.165) is 23.3 Å². The second-order valence-electron chi connectivity index (χ2n) is 5.52. The zero-order valence-electron chi connectivity index (χ0n) is 13.1. The van der Waals surface area contributed by atoms with Gasteiger partial charge in [0.2, 0.25) is 5.91 Å². The number of benzene rings is 2. The van der Waals surface area contributed by atoms with E-state index in [0.29, 0.717) is 13.0 Å². The third kappa shape index (κ3) is 3.92. The van der Waals surface area contributed by atoms with Gasteiger partial charge in [-0.25, -0.2) is 0 Å². The van der Waals surface area contributed by atoms with E-state index in [1.807, 2.05) is 36.5 Å². The van der Waals surface area contributed by atoms with Crippen molar-refractivity contribution >= 4 is 16.8 Å². The highest BCUT2D eigenvalue weighted by Crippen LogP contribution is 2.15. The van der Waals surface area contributed by atoms with E-state index in [2.05, 4.69) is 28.5 Å². The number of ether oxygens (including phenoxy) is 1. The van der Waals surface area contributed by atoms with Crippen LogP contribution in [0.15, 0.2) is 54.7 Å². The largest absolute Gasteiger partial charge is 0.497 e. The van der Waals surface area contributed by atoms with Crippen LogP contribution in [-0.4, -0.2) is 18.0 Å². The van der Waals surface area contributed by atoms with Crippen LogP contribution < -0.4 is 10.1 Å². The van der Waals surface area contributed by atoms with Gasteiger partial charge in [-0.1, -0.05) is 18.2 Å². The molecule has 1 amide bonds. The predicted molar refractivity (Wildman–Crippen MR) is 91.5 cm³/mol. The molecule has 1 heterocycles. The number of carbonyl (C=O) groups is 1. The van der Waals surface area contributed by atoms with Crippen molar-refractivity contribution in [3.63, 3.8) is 0 Å². The summed E-state index contributed by atoms with van der Waals surface area (Å²) >= 11 is 0. The van der Waals surface area contributed by atoms with Gasteiger partial charge in [-0.05, 0) is 53.3 Å². The molecule has 1 aromatic heterocycles. The van der Waals surface area contributed by atoms with Crippen molar-refractivity contribution in [1.29, 1.82) is 0 Å². The topological polar surface area (TPSA) is 54.1 Å². The Morgan fingerprint density at radius 1 is 1.09 bits per heavy atom. The van der Waals surface area contributed by atoms with Crippen LogP contribution in [0.25, 0.3) is 10.9 Å². The van der Waals surface area contributed by atoms with Crippen LogP contribution in [0.2, 0.25) is 0 Å². The fourth-order valence-corrected chi connectivity index (χ4v) is 2.55. The number of methoxy groups -OCH3 is 1. The number of hydrogen-bond donors (Lipinski definition) is 2. The van der Waals surface area contributed by atoms with Gasteiger partial charge in [0.05, 0.1) is 7.11 Å². The summed E-state index contributed by atoms with van der Waals surface area (Å²) in [5, 5.41) is 4.13. The maximum atomic E-state index is 12.0. The minimum atomic E-state index is 0.0648. The van der Waals surface area contributed by atoms with E-state index < -0.39 is 0 Å². The molecule has 0 saturated heterocycles. The molecule has 0 aliphatic rings. The highest BCUT2D eigenvalue weighted by atomic mass is 16.5. The van der Waals surface area contributed by atoms with Crippen molar-refractivity contribution in [2.75, 3.05) is 7.11 Å². The molecule has 3 rings (SSSR count). The van der Waals surface area contributed by atoms with Crippen molar-refractivity contribution in [1.82, 2.24) is 10.3 Å². The zero-order valence-corrected chi connectivity index (χ0v) is 13.1. The van der Waals surface area contributed by atoms with Gasteiger partial charge in [0, 0.05) is 24.7 Å². The van der Waals surface area contributed by atoms with Gasteiger partial charge in [0.25, 0.3) is 0 Å². The third-order valence-corrected chi connectivity index (χ3v) is 3.91. The lowest BCUT2D eigenvalue weighted by atomic mass is 10.1. The van der Waals surface area contributed by atoms with Crippen molar-refractivity contribution in [3.05, 3.63) is 65.9 Å². The van der Waals surface area contributed by atoms with Crippen LogP contribution in [0, 0.1) is 0 Å². The molecular formula is C19H20N2O2. The number of H-pyrrole nitrogens is 1. The average molecular weight is 308 g/mol. The predicted octanol–water partition coefficient (Wildman–Crippen LogP) is 3.43. The van der Waals surface area contributed by atoms with Crippen molar-refractivity contribution in [3.8, 4) is 5.75 Å². The van der Waals surface area contributed by atoms with Crippen molar-refractivity contribution < 1.29 is 9.53 Å². The van der Waals surface area contributed by atoms with Gasteiger partial charge in [0.1, 0.15) is 5.75 Å². The molecule has 0 saturated carbocycles. The van der Waals surface area contributed by atoms with E-state index in [1.165, 1.54) is 10.9 Å². The lowest BCUT2D eigenvalue weighted by Crippen LogP contribution is -2.22. The number of hydrogen-bond acceptors (Lipinski definition) is 2. The second kappa shape index (κ2) is 7.01. The zero-order chi connectivity index (χ0) is 16.1. The molecule has 0 bridgehead atoms. The molecule has 3 aromatic rings. The number of nitrogens with one attached hydrogen (secondary N) is 2. The van der Waals surface area contributed by atoms with E-state index >= 15 is 0 Å². The Balaban J connectivity index is 1.48.